The number of nitrogens with two attached hydrogens (primary N) is 2. The Labute approximate surface area is 115 Å². The second-order valence-electron chi connectivity index (χ2n) is 3.87. The number of hydrogen-bond acceptors (Lipinski definition) is 4. The van der Waals surface area contributed by atoms with Gasteiger partial charge >= 0.3 is 0 Å². The van der Waals surface area contributed by atoms with E-state index in [1.165, 1.54) is 0 Å². The molecule has 0 radical (unpaired) electrons. The molecular formula is C12H8BrN3OS. The molecule has 1 amide bonds. The number of primary amides is 1. The fourth-order valence-corrected chi connectivity index (χ4v) is 3.63. The van der Waals surface area contributed by atoms with Crippen LogP contribution in [0.2, 0.25) is 0 Å². The minimum Gasteiger partial charge on any atom is -0.383 e. The summed E-state index contributed by atoms with van der Waals surface area (Å²) >= 11 is 5.00. The van der Waals surface area contributed by atoms with Gasteiger partial charge in [0, 0.05) is 24.6 Å². The summed E-state index contributed by atoms with van der Waals surface area (Å²) in [6.45, 7) is 0. The van der Waals surface area contributed by atoms with Crippen molar-refractivity contribution in [2.24, 2.45) is 5.73 Å². The molecule has 18 heavy (non-hydrogen) atoms. The largest absolute Gasteiger partial charge is 0.383 e. The molecule has 0 aliphatic rings. The number of hydrogen-bond donors (Lipinski definition) is 2. The average molecular weight is 322 g/mol. The van der Waals surface area contributed by atoms with E-state index >= 15 is 0 Å². The SMILES string of the molecule is NC(=O)c1cc2sc3cc(Br)ccc3c2c(N)n1. The van der Waals surface area contributed by atoms with Crippen LogP contribution in [0.25, 0.3) is 20.2 Å². The van der Waals surface area contributed by atoms with E-state index in [9.17, 15) is 4.79 Å². The molecule has 2 heterocycles. The highest BCUT2D eigenvalue weighted by Crippen LogP contribution is 2.37. The second kappa shape index (κ2) is 3.93. The maximum atomic E-state index is 11.2. The van der Waals surface area contributed by atoms with Crippen LogP contribution in [0, 0.1) is 0 Å². The molecule has 0 saturated heterocycles. The number of thiophene rings is 1. The number of anilines is 1. The van der Waals surface area contributed by atoms with Crippen molar-refractivity contribution in [3.05, 3.63) is 34.4 Å². The number of amides is 1. The van der Waals surface area contributed by atoms with Gasteiger partial charge < -0.3 is 11.5 Å². The number of halogens is 1. The fraction of sp³-hybridized carbons (Fsp3) is 0. The summed E-state index contributed by atoms with van der Waals surface area (Å²) in [6.07, 6.45) is 0. The third-order valence-electron chi connectivity index (χ3n) is 2.70. The molecule has 0 aliphatic carbocycles. The van der Waals surface area contributed by atoms with Crippen molar-refractivity contribution >= 4 is 59.2 Å². The molecule has 3 rings (SSSR count). The Morgan fingerprint density at radius 2 is 2.06 bits per heavy atom. The van der Waals surface area contributed by atoms with Gasteiger partial charge in [0.05, 0.1) is 0 Å². The molecule has 0 aliphatic heterocycles. The minimum atomic E-state index is -0.567. The first-order chi connectivity index (χ1) is 8.56. The highest BCUT2D eigenvalue weighted by molar-refractivity contribution is 9.10. The molecule has 0 bridgehead atoms. The number of benzene rings is 1. The molecular weight excluding hydrogens is 314 g/mol. The third kappa shape index (κ3) is 1.65. The van der Waals surface area contributed by atoms with Crippen LogP contribution in [0.3, 0.4) is 0 Å². The van der Waals surface area contributed by atoms with Crippen LogP contribution in [0.5, 0.6) is 0 Å². The first-order valence-electron chi connectivity index (χ1n) is 5.14. The Bertz CT molecular complexity index is 797. The van der Waals surface area contributed by atoms with Crippen LogP contribution in [0.1, 0.15) is 10.5 Å². The van der Waals surface area contributed by atoms with Crippen molar-refractivity contribution in [2.75, 3.05) is 5.73 Å². The van der Waals surface area contributed by atoms with Gasteiger partial charge in [-0.25, -0.2) is 4.98 Å². The van der Waals surface area contributed by atoms with Crippen molar-refractivity contribution in [2.45, 2.75) is 0 Å². The summed E-state index contributed by atoms with van der Waals surface area (Å²) in [6, 6.07) is 7.64. The van der Waals surface area contributed by atoms with Gasteiger partial charge in [0.1, 0.15) is 11.5 Å². The molecule has 1 aromatic carbocycles. The van der Waals surface area contributed by atoms with Crippen LogP contribution < -0.4 is 11.5 Å². The molecule has 6 heteroatoms. The third-order valence-corrected chi connectivity index (χ3v) is 4.29. The molecule has 0 unspecified atom stereocenters. The van der Waals surface area contributed by atoms with E-state index in [1.54, 1.807) is 17.4 Å². The van der Waals surface area contributed by atoms with E-state index in [4.69, 9.17) is 11.5 Å². The topological polar surface area (TPSA) is 82.0 Å². The number of carbonyl (C=O) groups is 1. The average Bonchev–Trinajstić information content (AvgIpc) is 2.66. The molecule has 4 N–H and O–H groups in total. The summed E-state index contributed by atoms with van der Waals surface area (Å²) in [4.78, 5) is 15.2. The standard InChI is InChI=1S/C12H8BrN3OS/c13-5-1-2-6-8(3-5)18-9-4-7(12(15)17)16-11(14)10(6)9/h1-4H,(H2,14,16)(H2,15,17). The summed E-state index contributed by atoms with van der Waals surface area (Å²) in [7, 11) is 0. The lowest BCUT2D eigenvalue weighted by Crippen LogP contribution is -2.13. The predicted octanol–water partition coefficient (Wildman–Crippen LogP) is 2.89. The number of nitrogen functional groups attached to an aromatic ring is 1. The van der Waals surface area contributed by atoms with Gasteiger partial charge in [-0.15, -0.1) is 11.3 Å². The molecule has 2 aromatic heterocycles. The van der Waals surface area contributed by atoms with E-state index in [0.29, 0.717) is 5.82 Å². The first kappa shape index (κ1) is 11.4. The van der Waals surface area contributed by atoms with Crippen LogP contribution in [-0.2, 0) is 0 Å². The zero-order valence-electron chi connectivity index (χ0n) is 9.11. The van der Waals surface area contributed by atoms with Crippen molar-refractivity contribution in [3.8, 4) is 0 Å². The smallest absolute Gasteiger partial charge is 0.267 e. The molecule has 4 nitrogen and oxygen atoms in total. The van der Waals surface area contributed by atoms with E-state index in [0.717, 1.165) is 24.6 Å². The monoisotopic (exact) mass is 321 g/mol. The quantitative estimate of drug-likeness (QED) is 0.723. The Morgan fingerprint density at radius 1 is 1.28 bits per heavy atom. The molecule has 0 spiro atoms. The maximum absolute atomic E-state index is 11.2. The van der Waals surface area contributed by atoms with Gasteiger partial charge in [-0.2, -0.15) is 0 Å². The number of rotatable bonds is 1. The van der Waals surface area contributed by atoms with Gasteiger partial charge in [0.2, 0.25) is 0 Å². The van der Waals surface area contributed by atoms with Gasteiger partial charge in [-0.3, -0.25) is 4.79 Å². The zero-order valence-corrected chi connectivity index (χ0v) is 11.5. The number of nitrogens with zero attached hydrogens (tertiary/aromatic N) is 1. The van der Waals surface area contributed by atoms with Crippen molar-refractivity contribution in [1.82, 2.24) is 4.98 Å². The van der Waals surface area contributed by atoms with E-state index in [-0.39, 0.29) is 5.69 Å². The predicted molar refractivity (Wildman–Crippen MR) is 77.8 cm³/mol. The number of carbonyl (C=O) groups excluding carboxylic acids is 1. The Hall–Kier alpha value is -1.66. The molecule has 0 atom stereocenters. The normalized spacial score (nSPS) is 11.2. The van der Waals surface area contributed by atoms with Crippen LogP contribution in [0.15, 0.2) is 28.7 Å². The van der Waals surface area contributed by atoms with Gasteiger partial charge in [-0.05, 0) is 18.2 Å². The Morgan fingerprint density at radius 3 is 2.78 bits per heavy atom. The van der Waals surface area contributed by atoms with Crippen LogP contribution in [0.4, 0.5) is 5.82 Å². The molecule has 3 aromatic rings. The van der Waals surface area contributed by atoms with Crippen LogP contribution in [-0.4, -0.2) is 10.9 Å². The van der Waals surface area contributed by atoms with E-state index < -0.39 is 5.91 Å². The summed E-state index contributed by atoms with van der Waals surface area (Å²) in [5, 5.41) is 1.92. The second-order valence-corrected chi connectivity index (χ2v) is 5.87. The summed E-state index contributed by atoms with van der Waals surface area (Å²) < 4.78 is 3.02. The molecule has 0 saturated carbocycles. The van der Waals surface area contributed by atoms with Crippen molar-refractivity contribution < 1.29 is 4.79 Å². The summed E-state index contributed by atoms with van der Waals surface area (Å²) in [5.74, 6) is -0.225. The van der Waals surface area contributed by atoms with Crippen molar-refractivity contribution in [3.63, 3.8) is 0 Å². The highest BCUT2D eigenvalue weighted by Gasteiger charge is 2.13. The minimum absolute atomic E-state index is 0.200. The zero-order chi connectivity index (χ0) is 12.9. The molecule has 90 valence electrons. The fourth-order valence-electron chi connectivity index (χ4n) is 1.92. The van der Waals surface area contributed by atoms with Gasteiger partial charge in [0.15, 0.2) is 0 Å². The van der Waals surface area contributed by atoms with Crippen molar-refractivity contribution in [1.29, 1.82) is 0 Å². The number of fused-ring (bicyclic) bond motifs is 3. The van der Waals surface area contributed by atoms with E-state index in [1.807, 2.05) is 18.2 Å². The Balaban J connectivity index is 2.46. The lowest BCUT2D eigenvalue weighted by Gasteiger charge is -2.00. The molecule has 0 fully saturated rings. The number of aromatic nitrogens is 1. The van der Waals surface area contributed by atoms with E-state index in [2.05, 4.69) is 20.9 Å². The first-order valence-corrected chi connectivity index (χ1v) is 6.75. The lowest BCUT2D eigenvalue weighted by molar-refractivity contribution is 0.0996. The maximum Gasteiger partial charge on any atom is 0.267 e. The number of pyridine rings is 1. The van der Waals surface area contributed by atoms with Crippen LogP contribution >= 0.6 is 27.3 Å². The summed E-state index contributed by atoms with van der Waals surface area (Å²) in [5.41, 5.74) is 11.4. The lowest BCUT2D eigenvalue weighted by atomic mass is 10.1. The van der Waals surface area contributed by atoms with Gasteiger partial charge in [-0.1, -0.05) is 22.0 Å². The van der Waals surface area contributed by atoms with Gasteiger partial charge in [0.25, 0.3) is 5.91 Å². The highest BCUT2D eigenvalue weighted by atomic mass is 79.9. The Kier molecular flexibility index (Phi) is 2.49.